The van der Waals surface area contributed by atoms with Gasteiger partial charge in [0.2, 0.25) is 0 Å². The topological polar surface area (TPSA) is 45.8 Å². The van der Waals surface area contributed by atoms with E-state index in [1.807, 2.05) is 0 Å². The van der Waals surface area contributed by atoms with Gasteiger partial charge in [-0.1, -0.05) is 12.1 Å². The van der Waals surface area contributed by atoms with Gasteiger partial charge in [0.15, 0.2) is 0 Å². The molecule has 0 aliphatic carbocycles. The van der Waals surface area contributed by atoms with Crippen LogP contribution in [0.25, 0.3) is 11.1 Å². The monoisotopic (exact) mass is 204 g/mol. The van der Waals surface area contributed by atoms with Crippen LogP contribution in [0, 0.1) is 12.7 Å². The third-order valence-corrected chi connectivity index (χ3v) is 2.26. The van der Waals surface area contributed by atoms with E-state index in [1.165, 1.54) is 12.1 Å². The fourth-order valence-corrected chi connectivity index (χ4v) is 1.38. The van der Waals surface area contributed by atoms with Crippen molar-refractivity contribution in [3.05, 3.63) is 52.2 Å². The van der Waals surface area contributed by atoms with E-state index < -0.39 is 0 Å². The highest BCUT2D eigenvalue weighted by Gasteiger charge is 2.04. The molecule has 0 radical (unpaired) electrons. The van der Waals surface area contributed by atoms with Crippen LogP contribution in [0.15, 0.2) is 35.3 Å². The maximum Gasteiger partial charge on any atom is 0.267 e. The smallest absolute Gasteiger partial charge is 0.267 e. The van der Waals surface area contributed by atoms with Gasteiger partial charge in [0, 0.05) is 11.1 Å². The summed E-state index contributed by atoms with van der Waals surface area (Å²) in [5, 5.41) is 6.05. The van der Waals surface area contributed by atoms with Gasteiger partial charge in [0.1, 0.15) is 5.82 Å². The highest BCUT2D eigenvalue weighted by molar-refractivity contribution is 5.65. The molecule has 0 fully saturated rings. The highest BCUT2D eigenvalue weighted by atomic mass is 19.1. The van der Waals surface area contributed by atoms with Gasteiger partial charge in [-0.05, 0) is 24.6 Å². The Labute approximate surface area is 85.6 Å². The Bertz CT molecular complexity index is 531. The second kappa shape index (κ2) is 3.65. The molecule has 2 aromatic rings. The van der Waals surface area contributed by atoms with Crippen molar-refractivity contribution in [2.24, 2.45) is 0 Å². The second-order valence-corrected chi connectivity index (χ2v) is 3.24. The largest absolute Gasteiger partial charge is 0.268 e. The first-order chi connectivity index (χ1) is 7.18. The average molecular weight is 204 g/mol. The molecule has 0 spiro atoms. The summed E-state index contributed by atoms with van der Waals surface area (Å²) in [5.74, 6) is -0.297. The minimum Gasteiger partial charge on any atom is -0.268 e. The number of H-pyrrole nitrogens is 1. The van der Waals surface area contributed by atoms with Crippen molar-refractivity contribution in [2.45, 2.75) is 6.92 Å². The number of hydrogen-bond donors (Lipinski definition) is 1. The zero-order valence-corrected chi connectivity index (χ0v) is 8.12. The third kappa shape index (κ3) is 1.79. The normalized spacial score (nSPS) is 10.3. The van der Waals surface area contributed by atoms with Crippen LogP contribution >= 0.6 is 0 Å². The van der Waals surface area contributed by atoms with Crippen LogP contribution in [0.3, 0.4) is 0 Å². The molecule has 1 aromatic heterocycles. The number of nitrogens with zero attached hydrogens (tertiary/aromatic N) is 1. The van der Waals surface area contributed by atoms with E-state index in [9.17, 15) is 9.18 Å². The molecule has 4 heteroatoms. The van der Waals surface area contributed by atoms with Crippen molar-refractivity contribution in [1.29, 1.82) is 0 Å². The van der Waals surface area contributed by atoms with Crippen LogP contribution in [-0.4, -0.2) is 10.2 Å². The maximum atomic E-state index is 12.7. The molecule has 1 heterocycles. The Morgan fingerprint density at radius 1 is 1.27 bits per heavy atom. The van der Waals surface area contributed by atoms with Gasteiger partial charge in [0.05, 0.1) is 6.20 Å². The summed E-state index contributed by atoms with van der Waals surface area (Å²) in [6.45, 7) is 1.71. The van der Waals surface area contributed by atoms with Crippen molar-refractivity contribution in [1.82, 2.24) is 10.2 Å². The van der Waals surface area contributed by atoms with Gasteiger partial charge in [-0.3, -0.25) is 4.79 Å². The minimum atomic E-state index is -0.297. The summed E-state index contributed by atoms with van der Waals surface area (Å²) in [4.78, 5) is 11.3. The Balaban J connectivity index is 2.59. The lowest BCUT2D eigenvalue weighted by atomic mass is 10.0. The van der Waals surface area contributed by atoms with Crippen molar-refractivity contribution in [3.63, 3.8) is 0 Å². The van der Waals surface area contributed by atoms with Crippen molar-refractivity contribution in [2.75, 3.05) is 0 Å². The van der Waals surface area contributed by atoms with Gasteiger partial charge >= 0.3 is 0 Å². The summed E-state index contributed by atoms with van der Waals surface area (Å²) in [6, 6.07) is 5.96. The molecule has 0 saturated heterocycles. The van der Waals surface area contributed by atoms with Gasteiger partial charge in [-0.25, -0.2) is 9.49 Å². The Morgan fingerprint density at radius 3 is 2.60 bits per heavy atom. The van der Waals surface area contributed by atoms with Crippen LogP contribution in [0.1, 0.15) is 5.56 Å². The summed E-state index contributed by atoms with van der Waals surface area (Å²) < 4.78 is 12.7. The molecule has 15 heavy (non-hydrogen) atoms. The van der Waals surface area contributed by atoms with E-state index in [1.54, 1.807) is 25.3 Å². The minimum absolute atomic E-state index is 0.225. The Hall–Kier alpha value is -1.97. The molecule has 0 aliphatic heterocycles. The van der Waals surface area contributed by atoms with Crippen molar-refractivity contribution in [3.8, 4) is 11.1 Å². The molecule has 0 amide bonds. The van der Waals surface area contributed by atoms with Gasteiger partial charge in [-0.15, -0.1) is 0 Å². The molecule has 0 atom stereocenters. The third-order valence-electron chi connectivity index (χ3n) is 2.26. The van der Waals surface area contributed by atoms with E-state index in [-0.39, 0.29) is 11.4 Å². The number of halogens is 1. The van der Waals surface area contributed by atoms with Crippen molar-refractivity contribution < 1.29 is 4.39 Å². The van der Waals surface area contributed by atoms with Gasteiger partial charge in [-0.2, -0.15) is 5.10 Å². The van der Waals surface area contributed by atoms with Gasteiger partial charge in [0.25, 0.3) is 5.56 Å². The Morgan fingerprint density at radius 2 is 1.93 bits per heavy atom. The number of aromatic nitrogens is 2. The van der Waals surface area contributed by atoms with Gasteiger partial charge < -0.3 is 0 Å². The van der Waals surface area contributed by atoms with Crippen LogP contribution < -0.4 is 5.56 Å². The van der Waals surface area contributed by atoms with Crippen LogP contribution in [0.2, 0.25) is 0 Å². The molecule has 3 nitrogen and oxygen atoms in total. The number of rotatable bonds is 1. The SMILES string of the molecule is Cc1c(-c2ccc(F)cc2)cn[nH]c1=O. The molecule has 1 N–H and O–H groups in total. The van der Waals surface area contributed by atoms with E-state index in [4.69, 9.17) is 0 Å². The molecule has 0 aliphatic rings. The van der Waals surface area contributed by atoms with E-state index >= 15 is 0 Å². The van der Waals surface area contributed by atoms with E-state index in [0.717, 1.165) is 11.1 Å². The quantitative estimate of drug-likeness (QED) is 0.770. The standard InChI is InChI=1S/C11H9FN2O/c1-7-10(6-13-14-11(7)15)8-2-4-9(12)5-3-8/h2-6H,1H3,(H,14,15). The van der Waals surface area contributed by atoms with Crippen LogP contribution in [-0.2, 0) is 0 Å². The number of nitrogens with one attached hydrogen (secondary N) is 1. The Kier molecular flexibility index (Phi) is 2.33. The summed E-state index contributed by atoms with van der Waals surface area (Å²) in [7, 11) is 0. The van der Waals surface area contributed by atoms with E-state index in [0.29, 0.717) is 5.56 Å². The fraction of sp³-hybridized carbons (Fsp3) is 0.0909. The summed E-state index contributed by atoms with van der Waals surface area (Å²) in [5.41, 5.74) is 1.86. The molecule has 0 saturated carbocycles. The molecular formula is C11H9FN2O. The molecule has 0 bridgehead atoms. The maximum absolute atomic E-state index is 12.7. The second-order valence-electron chi connectivity index (χ2n) is 3.24. The van der Waals surface area contributed by atoms with Crippen LogP contribution in [0.5, 0.6) is 0 Å². The number of aromatic amines is 1. The average Bonchev–Trinajstić information content (AvgIpc) is 2.24. The predicted octanol–water partition coefficient (Wildman–Crippen LogP) is 1.88. The zero-order chi connectivity index (χ0) is 10.8. The predicted molar refractivity (Wildman–Crippen MR) is 55.0 cm³/mol. The lowest BCUT2D eigenvalue weighted by Gasteiger charge is -2.03. The first-order valence-electron chi connectivity index (χ1n) is 4.48. The number of benzene rings is 1. The van der Waals surface area contributed by atoms with E-state index in [2.05, 4.69) is 10.2 Å². The molecular weight excluding hydrogens is 195 g/mol. The molecule has 76 valence electrons. The summed E-state index contributed by atoms with van der Waals surface area (Å²) >= 11 is 0. The lowest BCUT2D eigenvalue weighted by molar-refractivity contribution is 0.628. The summed E-state index contributed by atoms with van der Waals surface area (Å²) in [6.07, 6.45) is 1.56. The highest BCUT2D eigenvalue weighted by Crippen LogP contribution is 2.19. The zero-order valence-electron chi connectivity index (χ0n) is 8.12. The molecule has 1 aromatic carbocycles. The van der Waals surface area contributed by atoms with Crippen molar-refractivity contribution >= 4 is 0 Å². The first-order valence-corrected chi connectivity index (χ1v) is 4.48. The number of hydrogen-bond acceptors (Lipinski definition) is 2. The molecule has 2 rings (SSSR count). The lowest BCUT2D eigenvalue weighted by Crippen LogP contribution is -2.11. The van der Waals surface area contributed by atoms with Crippen LogP contribution in [0.4, 0.5) is 4.39 Å². The first kappa shape index (κ1) is 9.58. The molecule has 0 unspecified atom stereocenters. The fourth-order valence-electron chi connectivity index (χ4n) is 1.38.